The molecule has 1 aliphatic carbocycles. The van der Waals surface area contributed by atoms with Crippen molar-refractivity contribution >= 4 is 34.6 Å². The largest absolute Gasteiger partial charge is 0.361 e. The van der Waals surface area contributed by atoms with E-state index in [1.807, 2.05) is 18.2 Å². The summed E-state index contributed by atoms with van der Waals surface area (Å²) in [4.78, 5) is 6.06. The predicted molar refractivity (Wildman–Crippen MR) is 149 cm³/mol. The topological polar surface area (TPSA) is 31.1 Å². The number of benzene rings is 2. The standard InChI is InChI=1S/C29H36ClN3S/c1-20-16-21(2)28(22(3)17-20)32-29(34)33(26-11-6-4-5-7-12-26)19-25-15-14-24(31-25)18-23-10-8-9-13-27(23)30/h8-10,13-17,26,31H,4-7,11-12,18-19H2,1-3H3,(H,32,34). The predicted octanol–water partition coefficient (Wildman–Crippen LogP) is 8.11. The molecule has 1 aliphatic rings. The quantitative estimate of drug-likeness (QED) is 0.268. The first-order chi connectivity index (χ1) is 16.4. The number of rotatable bonds is 6. The van der Waals surface area contributed by atoms with Gasteiger partial charge >= 0.3 is 0 Å². The number of H-pyrrole nitrogens is 1. The fourth-order valence-corrected chi connectivity index (χ4v) is 5.73. The highest BCUT2D eigenvalue weighted by Crippen LogP contribution is 2.27. The summed E-state index contributed by atoms with van der Waals surface area (Å²) in [6.45, 7) is 7.24. The minimum Gasteiger partial charge on any atom is -0.361 e. The van der Waals surface area contributed by atoms with Crippen molar-refractivity contribution in [2.24, 2.45) is 0 Å². The van der Waals surface area contributed by atoms with Crippen molar-refractivity contribution in [3.8, 4) is 0 Å². The maximum atomic E-state index is 6.39. The fraction of sp³-hybridized carbons (Fsp3) is 0.414. The Morgan fingerprint density at radius 3 is 2.29 bits per heavy atom. The Hall–Kier alpha value is -2.30. The van der Waals surface area contributed by atoms with Gasteiger partial charge in [-0.15, -0.1) is 0 Å². The summed E-state index contributed by atoms with van der Waals surface area (Å²) in [5.74, 6) is 0. The van der Waals surface area contributed by atoms with Crippen LogP contribution < -0.4 is 5.32 Å². The number of aryl methyl sites for hydroxylation is 3. The van der Waals surface area contributed by atoms with Crippen LogP contribution in [-0.4, -0.2) is 21.0 Å². The van der Waals surface area contributed by atoms with Gasteiger partial charge in [0.1, 0.15) is 0 Å². The molecular weight excluding hydrogens is 458 g/mol. The molecule has 34 heavy (non-hydrogen) atoms. The number of nitrogens with one attached hydrogen (secondary N) is 2. The summed E-state index contributed by atoms with van der Waals surface area (Å²) in [7, 11) is 0. The molecular formula is C29H36ClN3S. The molecule has 180 valence electrons. The summed E-state index contributed by atoms with van der Waals surface area (Å²) in [6.07, 6.45) is 8.38. The zero-order valence-electron chi connectivity index (χ0n) is 20.6. The van der Waals surface area contributed by atoms with Gasteiger partial charge in [-0.1, -0.05) is 73.2 Å². The Bertz CT molecular complexity index is 1100. The molecule has 5 heteroatoms. The van der Waals surface area contributed by atoms with Crippen LogP contribution in [0.2, 0.25) is 5.02 Å². The highest BCUT2D eigenvalue weighted by atomic mass is 35.5. The Kier molecular flexibility index (Phi) is 8.33. The molecule has 2 N–H and O–H groups in total. The summed E-state index contributed by atoms with van der Waals surface area (Å²) in [5.41, 5.74) is 8.40. The van der Waals surface area contributed by atoms with Gasteiger partial charge in [0.05, 0.1) is 6.54 Å². The second-order valence-electron chi connectivity index (χ2n) is 9.75. The lowest BCUT2D eigenvalue weighted by Gasteiger charge is -2.34. The van der Waals surface area contributed by atoms with Crippen molar-refractivity contribution in [1.29, 1.82) is 0 Å². The zero-order chi connectivity index (χ0) is 24.1. The van der Waals surface area contributed by atoms with Gasteiger partial charge in [-0.05, 0) is 80.7 Å². The lowest BCUT2D eigenvalue weighted by Crippen LogP contribution is -2.42. The highest BCUT2D eigenvalue weighted by molar-refractivity contribution is 7.80. The van der Waals surface area contributed by atoms with Crippen LogP contribution in [0.25, 0.3) is 0 Å². The van der Waals surface area contributed by atoms with E-state index in [2.05, 4.69) is 66.3 Å². The van der Waals surface area contributed by atoms with Crippen molar-refractivity contribution in [2.45, 2.75) is 78.3 Å². The number of hydrogen-bond acceptors (Lipinski definition) is 1. The van der Waals surface area contributed by atoms with Crippen LogP contribution in [-0.2, 0) is 13.0 Å². The van der Waals surface area contributed by atoms with Crippen LogP contribution >= 0.6 is 23.8 Å². The van der Waals surface area contributed by atoms with E-state index in [-0.39, 0.29) is 0 Å². The number of aromatic amines is 1. The number of aromatic nitrogens is 1. The van der Waals surface area contributed by atoms with Gasteiger partial charge < -0.3 is 15.2 Å². The Labute approximate surface area is 214 Å². The second kappa shape index (κ2) is 11.4. The minimum atomic E-state index is 0.462. The van der Waals surface area contributed by atoms with Crippen molar-refractivity contribution < 1.29 is 0 Å². The third-order valence-electron chi connectivity index (χ3n) is 6.92. The molecule has 4 rings (SSSR count). The molecule has 3 aromatic rings. The normalized spacial score (nSPS) is 14.6. The Morgan fingerprint density at radius 1 is 0.971 bits per heavy atom. The zero-order valence-corrected chi connectivity index (χ0v) is 22.2. The highest BCUT2D eigenvalue weighted by Gasteiger charge is 2.24. The van der Waals surface area contributed by atoms with E-state index in [9.17, 15) is 0 Å². The summed E-state index contributed by atoms with van der Waals surface area (Å²) < 4.78 is 0. The van der Waals surface area contributed by atoms with Crippen LogP contribution in [0.3, 0.4) is 0 Å². The van der Waals surface area contributed by atoms with E-state index in [0.29, 0.717) is 6.04 Å². The van der Waals surface area contributed by atoms with Gasteiger partial charge in [-0.25, -0.2) is 0 Å². The van der Waals surface area contributed by atoms with Gasteiger partial charge in [0.15, 0.2) is 5.11 Å². The van der Waals surface area contributed by atoms with Gasteiger partial charge in [0.2, 0.25) is 0 Å². The molecule has 1 aromatic heterocycles. The Balaban J connectivity index is 1.54. The van der Waals surface area contributed by atoms with Crippen LogP contribution in [0.1, 0.15) is 72.2 Å². The van der Waals surface area contributed by atoms with Crippen LogP contribution in [0.5, 0.6) is 0 Å². The molecule has 0 spiro atoms. The second-order valence-corrected chi connectivity index (χ2v) is 10.5. The van der Waals surface area contributed by atoms with Crippen molar-refractivity contribution in [2.75, 3.05) is 5.32 Å². The Morgan fingerprint density at radius 2 is 1.62 bits per heavy atom. The molecule has 3 nitrogen and oxygen atoms in total. The number of nitrogens with zero attached hydrogens (tertiary/aromatic N) is 1. The molecule has 2 aromatic carbocycles. The van der Waals surface area contributed by atoms with Gasteiger partial charge in [0.25, 0.3) is 0 Å². The molecule has 0 unspecified atom stereocenters. The number of halogens is 1. The fourth-order valence-electron chi connectivity index (χ4n) is 5.21. The first-order valence-electron chi connectivity index (χ1n) is 12.5. The molecule has 0 saturated heterocycles. The van der Waals surface area contributed by atoms with E-state index in [1.165, 1.54) is 66.6 Å². The molecule has 0 amide bonds. The third-order valence-corrected chi connectivity index (χ3v) is 7.63. The van der Waals surface area contributed by atoms with Gasteiger partial charge in [0, 0.05) is 34.6 Å². The van der Waals surface area contributed by atoms with E-state index in [4.69, 9.17) is 23.8 Å². The van der Waals surface area contributed by atoms with Crippen LogP contribution in [0.15, 0.2) is 48.5 Å². The van der Waals surface area contributed by atoms with Gasteiger partial charge in [-0.3, -0.25) is 0 Å². The smallest absolute Gasteiger partial charge is 0.174 e. The molecule has 0 bridgehead atoms. The van der Waals surface area contributed by atoms with Crippen LogP contribution in [0, 0.1) is 20.8 Å². The van der Waals surface area contributed by atoms with E-state index in [0.717, 1.165) is 34.4 Å². The summed E-state index contributed by atoms with van der Waals surface area (Å²) >= 11 is 12.4. The van der Waals surface area contributed by atoms with E-state index < -0.39 is 0 Å². The van der Waals surface area contributed by atoms with Crippen molar-refractivity contribution in [3.63, 3.8) is 0 Å². The van der Waals surface area contributed by atoms with Gasteiger partial charge in [-0.2, -0.15) is 0 Å². The molecule has 0 radical (unpaired) electrons. The minimum absolute atomic E-state index is 0.462. The van der Waals surface area contributed by atoms with Crippen molar-refractivity contribution in [1.82, 2.24) is 9.88 Å². The number of thiocarbonyl (C=S) groups is 1. The number of anilines is 1. The average Bonchev–Trinajstić information content (AvgIpc) is 3.06. The number of hydrogen-bond donors (Lipinski definition) is 2. The molecule has 0 aliphatic heterocycles. The lowest BCUT2D eigenvalue weighted by molar-refractivity contribution is 0.278. The monoisotopic (exact) mass is 493 g/mol. The molecule has 1 saturated carbocycles. The third kappa shape index (κ3) is 6.22. The first kappa shape index (κ1) is 24.8. The summed E-state index contributed by atoms with van der Waals surface area (Å²) in [5, 5.41) is 5.26. The maximum absolute atomic E-state index is 6.39. The lowest BCUT2D eigenvalue weighted by atomic mass is 10.0. The molecule has 0 atom stereocenters. The van der Waals surface area contributed by atoms with Crippen LogP contribution in [0.4, 0.5) is 5.69 Å². The van der Waals surface area contributed by atoms with E-state index in [1.54, 1.807) is 0 Å². The first-order valence-corrected chi connectivity index (χ1v) is 13.2. The van der Waals surface area contributed by atoms with E-state index >= 15 is 0 Å². The summed E-state index contributed by atoms with van der Waals surface area (Å²) in [6, 6.07) is 17.3. The average molecular weight is 494 g/mol. The molecule has 1 heterocycles. The maximum Gasteiger partial charge on any atom is 0.174 e. The molecule has 1 fully saturated rings. The van der Waals surface area contributed by atoms with Crippen molar-refractivity contribution in [3.05, 3.63) is 87.2 Å². The SMILES string of the molecule is Cc1cc(C)c(NC(=S)N(Cc2ccc(Cc3ccccc3Cl)[nH]2)C2CCCCCC2)c(C)c1.